The van der Waals surface area contributed by atoms with Crippen LogP contribution in [0.2, 0.25) is 0 Å². The fourth-order valence-electron chi connectivity index (χ4n) is 4.61. The van der Waals surface area contributed by atoms with E-state index in [0.29, 0.717) is 6.10 Å². The molecular weight excluding hydrogens is 270 g/mol. The molecule has 2 nitrogen and oxygen atoms in total. The van der Waals surface area contributed by atoms with Crippen molar-refractivity contribution < 1.29 is 4.74 Å². The molecule has 2 saturated carbocycles. The number of hydrogen-bond acceptors (Lipinski definition) is 2. The number of halogens is 1. The van der Waals surface area contributed by atoms with Gasteiger partial charge in [-0.1, -0.05) is 25.7 Å². The Morgan fingerprint density at radius 2 is 1.65 bits per heavy atom. The highest BCUT2D eigenvalue weighted by Crippen LogP contribution is 2.43. The van der Waals surface area contributed by atoms with Gasteiger partial charge in [0, 0.05) is 12.4 Å². The van der Waals surface area contributed by atoms with E-state index in [1.165, 1.54) is 64.2 Å². The first-order chi connectivity index (χ1) is 9.81. The summed E-state index contributed by atoms with van der Waals surface area (Å²) in [5.74, 6) is 2.38. The molecule has 0 bridgehead atoms. The van der Waals surface area contributed by atoms with Gasteiger partial charge in [0.2, 0.25) is 0 Å². The second-order valence-corrected chi connectivity index (χ2v) is 7.59. The molecule has 116 valence electrons. The average Bonchev–Trinajstić information content (AvgIpc) is 3.10. The number of rotatable bonds is 5. The lowest BCUT2D eigenvalue weighted by Gasteiger charge is -2.31. The highest BCUT2D eigenvalue weighted by atomic mass is 35.5. The largest absolute Gasteiger partial charge is 0.370 e. The average molecular weight is 300 g/mol. The maximum absolute atomic E-state index is 6.36. The summed E-state index contributed by atoms with van der Waals surface area (Å²) in [5.41, 5.74) is 0.288. The van der Waals surface area contributed by atoms with Crippen LogP contribution in [0.1, 0.15) is 64.2 Å². The molecular formula is C17H30ClNO. The SMILES string of the molecule is ClCC1CCCCC1CNCC1CCC2(CCCC2)O1. The third-order valence-corrected chi connectivity index (χ3v) is 6.29. The molecule has 0 aromatic carbocycles. The minimum absolute atomic E-state index is 0.288. The molecule has 2 aliphatic carbocycles. The topological polar surface area (TPSA) is 21.3 Å². The third-order valence-electron chi connectivity index (χ3n) is 5.90. The quantitative estimate of drug-likeness (QED) is 0.771. The lowest BCUT2D eigenvalue weighted by molar-refractivity contribution is -0.0355. The summed E-state index contributed by atoms with van der Waals surface area (Å²) >= 11 is 6.11. The van der Waals surface area contributed by atoms with Crippen LogP contribution in [-0.4, -0.2) is 30.7 Å². The van der Waals surface area contributed by atoms with Gasteiger partial charge >= 0.3 is 0 Å². The van der Waals surface area contributed by atoms with Gasteiger partial charge in [-0.15, -0.1) is 11.6 Å². The van der Waals surface area contributed by atoms with E-state index in [-0.39, 0.29) is 5.60 Å². The first-order valence-electron chi connectivity index (χ1n) is 8.76. The summed E-state index contributed by atoms with van der Waals surface area (Å²) in [6, 6.07) is 0. The van der Waals surface area contributed by atoms with Gasteiger partial charge in [0.25, 0.3) is 0 Å². The summed E-state index contributed by atoms with van der Waals surface area (Å²) in [7, 11) is 0. The van der Waals surface area contributed by atoms with Crippen LogP contribution < -0.4 is 5.32 Å². The van der Waals surface area contributed by atoms with Crippen LogP contribution in [0.25, 0.3) is 0 Å². The summed E-state index contributed by atoms with van der Waals surface area (Å²) in [5, 5.41) is 3.68. The maximum Gasteiger partial charge on any atom is 0.0708 e. The van der Waals surface area contributed by atoms with Crippen LogP contribution >= 0.6 is 11.6 Å². The van der Waals surface area contributed by atoms with E-state index in [1.807, 2.05) is 0 Å². The molecule has 3 fully saturated rings. The van der Waals surface area contributed by atoms with Crippen LogP contribution in [0.3, 0.4) is 0 Å². The van der Waals surface area contributed by atoms with Crippen molar-refractivity contribution in [2.24, 2.45) is 11.8 Å². The monoisotopic (exact) mass is 299 g/mol. The van der Waals surface area contributed by atoms with Crippen molar-refractivity contribution in [2.45, 2.75) is 75.9 Å². The van der Waals surface area contributed by atoms with Crippen molar-refractivity contribution >= 4 is 11.6 Å². The first kappa shape index (κ1) is 15.1. The molecule has 1 aliphatic heterocycles. The van der Waals surface area contributed by atoms with Crippen molar-refractivity contribution in [1.29, 1.82) is 0 Å². The lowest BCUT2D eigenvalue weighted by Crippen LogP contribution is -2.36. The van der Waals surface area contributed by atoms with Gasteiger partial charge in [-0.25, -0.2) is 0 Å². The zero-order valence-electron chi connectivity index (χ0n) is 12.7. The minimum Gasteiger partial charge on any atom is -0.370 e. The zero-order chi connectivity index (χ0) is 13.8. The molecule has 1 spiro atoms. The van der Waals surface area contributed by atoms with Crippen molar-refractivity contribution in [3.8, 4) is 0 Å². The predicted octanol–water partition coefficient (Wildman–Crippen LogP) is 4.11. The van der Waals surface area contributed by atoms with Crippen LogP contribution in [0.5, 0.6) is 0 Å². The summed E-state index contributed by atoms with van der Waals surface area (Å²) < 4.78 is 6.36. The number of ether oxygens (including phenoxy) is 1. The molecule has 0 radical (unpaired) electrons. The van der Waals surface area contributed by atoms with Crippen molar-refractivity contribution in [3.05, 3.63) is 0 Å². The van der Waals surface area contributed by atoms with E-state index < -0.39 is 0 Å². The predicted molar refractivity (Wildman–Crippen MR) is 84.3 cm³/mol. The Kier molecular flexibility index (Phi) is 5.28. The number of alkyl halides is 1. The molecule has 1 heterocycles. The molecule has 20 heavy (non-hydrogen) atoms. The van der Waals surface area contributed by atoms with E-state index in [4.69, 9.17) is 16.3 Å². The summed E-state index contributed by atoms with van der Waals surface area (Å²) in [6.45, 7) is 2.19. The number of nitrogens with one attached hydrogen (secondary N) is 1. The Hall–Kier alpha value is 0.210. The van der Waals surface area contributed by atoms with Gasteiger partial charge in [0.05, 0.1) is 11.7 Å². The highest BCUT2D eigenvalue weighted by Gasteiger charge is 2.41. The van der Waals surface area contributed by atoms with Crippen LogP contribution in [0.15, 0.2) is 0 Å². The fraction of sp³-hybridized carbons (Fsp3) is 1.00. The Balaban J connectivity index is 1.37. The Bertz CT molecular complexity index is 303. The maximum atomic E-state index is 6.36. The Morgan fingerprint density at radius 1 is 0.900 bits per heavy atom. The highest BCUT2D eigenvalue weighted by molar-refractivity contribution is 6.18. The normalized spacial score (nSPS) is 36.8. The standard InChI is InChI=1S/C17H30ClNO/c18-11-14-5-1-2-6-15(14)12-19-13-16-7-10-17(20-16)8-3-4-9-17/h14-16,19H,1-13H2. The minimum atomic E-state index is 0.288. The van der Waals surface area contributed by atoms with Crippen LogP contribution in [0, 0.1) is 11.8 Å². The third kappa shape index (κ3) is 3.51. The van der Waals surface area contributed by atoms with Crippen molar-refractivity contribution in [3.63, 3.8) is 0 Å². The molecule has 0 amide bonds. The van der Waals surface area contributed by atoms with Gasteiger partial charge in [0.15, 0.2) is 0 Å². The molecule has 1 N–H and O–H groups in total. The van der Waals surface area contributed by atoms with Crippen molar-refractivity contribution in [1.82, 2.24) is 5.32 Å². The molecule has 3 atom stereocenters. The van der Waals surface area contributed by atoms with E-state index in [0.717, 1.165) is 30.8 Å². The second kappa shape index (κ2) is 6.98. The van der Waals surface area contributed by atoms with E-state index >= 15 is 0 Å². The molecule has 1 saturated heterocycles. The first-order valence-corrected chi connectivity index (χ1v) is 9.29. The fourth-order valence-corrected chi connectivity index (χ4v) is 5.02. The lowest BCUT2D eigenvalue weighted by atomic mass is 9.80. The van der Waals surface area contributed by atoms with Crippen LogP contribution in [0.4, 0.5) is 0 Å². The van der Waals surface area contributed by atoms with Crippen molar-refractivity contribution in [2.75, 3.05) is 19.0 Å². The van der Waals surface area contributed by atoms with Gasteiger partial charge in [-0.3, -0.25) is 0 Å². The molecule has 3 unspecified atom stereocenters. The Morgan fingerprint density at radius 3 is 2.40 bits per heavy atom. The smallest absolute Gasteiger partial charge is 0.0708 e. The van der Waals surface area contributed by atoms with Gasteiger partial charge in [0.1, 0.15) is 0 Å². The zero-order valence-corrected chi connectivity index (χ0v) is 13.5. The summed E-state index contributed by atoms with van der Waals surface area (Å²) in [4.78, 5) is 0. The van der Waals surface area contributed by atoms with Gasteiger partial charge < -0.3 is 10.1 Å². The number of hydrogen-bond donors (Lipinski definition) is 1. The van der Waals surface area contributed by atoms with E-state index in [1.54, 1.807) is 0 Å². The van der Waals surface area contributed by atoms with Gasteiger partial charge in [-0.05, 0) is 56.9 Å². The van der Waals surface area contributed by atoms with E-state index in [9.17, 15) is 0 Å². The molecule has 3 aliphatic rings. The molecule has 3 rings (SSSR count). The second-order valence-electron chi connectivity index (χ2n) is 7.29. The molecule has 0 aromatic heterocycles. The molecule has 3 heteroatoms. The Labute approximate surface area is 129 Å². The van der Waals surface area contributed by atoms with Gasteiger partial charge in [-0.2, -0.15) is 0 Å². The molecule has 0 aromatic rings. The van der Waals surface area contributed by atoms with E-state index in [2.05, 4.69) is 5.32 Å². The van der Waals surface area contributed by atoms with Crippen LogP contribution in [-0.2, 0) is 4.74 Å². The summed E-state index contributed by atoms with van der Waals surface area (Å²) in [6.07, 6.45) is 13.8.